The van der Waals surface area contributed by atoms with Crippen LogP contribution in [0.25, 0.3) is 0 Å². The predicted molar refractivity (Wildman–Crippen MR) is 60.4 cm³/mol. The molecule has 1 aromatic rings. The molecule has 0 bridgehead atoms. The first-order valence-electron chi connectivity index (χ1n) is 5.36. The van der Waals surface area contributed by atoms with Crippen molar-refractivity contribution in [1.82, 2.24) is 4.98 Å². The van der Waals surface area contributed by atoms with Gasteiger partial charge < -0.3 is 9.84 Å². The van der Waals surface area contributed by atoms with E-state index in [1.807, 2.05) is 20.8 Å². The van der Waals surface area contributed by atoms with Gasteiger partial charge in [0.05, 0.1) is 12.3 Å². The maximum Gasteiger partial charge on any atom is 0.272 e. The normalized spacial score (nSPS) is 11.9. The summed E-state index contributed by atoms with van der Waals surface area (Å²) in [7, 11) is 0. The third kappa shape index (κ3) is 4.26. The van der Waals surface area contributed by atoms with E-state index in [4.69, 9.17) is 9.84 Å². The maximum absolute atomic E-state index is 12.0. The van der Waals surface area contributed by atoms with Crippen LogP contribution in [0.3, 0.4) is 0 Å². The second kappa shape index (κ2) is 5.40. The molecule has 0 aliphatic carbocycles. The van der Waals surface area contributed by atoms with E-state index in [2.05, 4.69) is 4.98 Å². The highest BCUT2D eigenvalue weighted by molar-refractivity contribution is 5.28. The Morgan fingerprint density at radius 2 is 2.00 bits per heavy atom. The van der Waals surface area contributed by atoms with Gasteiger partial charge in [-0.15, -0.1) is 0 Å². The number of aromatic nitrogens is 1. The molecule has 1 aromatic heterocycles. The van der Waals surface area contributed by atoms with Crippen molar-refractivity contribution in [3.05, 3.63) is 23.4 Å². The van der Waals surface area contributed by atoms with Crippen molar-refractivity contribution in [3.8, 4) is 5.88 Å². The quantitative estimate of drug-likeness (QED) is 0.886. The molecular weight excluding hydrogens is 228 g/mol. The molecule has 0 atom stereocenters. The van der Waals surface area contributed by atoms with Crippen molar-refractivity contribution in [2.24, 2.45) is 0 Å². The lowest BCUT2D eigenvalue weighted by molar-refractivity contribution is 0.0792. The molecule has 0 aliphatic heterocycles. The fourth-order valence-electron chi connectivity index (χ4n) is 1.26. The summed E-state index contributed by atoms with van der Waals surface area (Å²) in [6, 6.07) is 3.22. The van der Waals surface area contributed by atoms with Gasteiger partial charge >= 0.3 is 0 Å². The van der Waals surface area contributed by atoms with Gasteiger partial charge in [-0.1, -0.05) is 20.8 Å². The Morgan fingerprint density at radius 3 is 2.47 bits per heavy atom. The van der Waals surface area contributed by atoms with E-state index >= 15 is 0 Å². The maximum atomic E-state index is 12.0. The number of alkyl halides is 2. The minimum Gasteiger partial charge on any atom is -0.472 e. The molecule has 0 saturated carbocycles. The Balaban J connectivity index is 2.97. The average molecular weight is 245 g/mol. The Morgan fingerprint density at radius 1 is 1.35 bits per heavy atom. The molecule has 0 fully saturated rings. The van der Waals surface area contributed by atoms with E-state index in [0.29, 0.717) is 11.3 Å². The first-order chi connectivity index (χ1) is 7.82. The number of aliphatic hydroxyl groups excluding tert-OH is 1. The summed E-state index contributed by atoms with van der Waals surface area (Å²) in [5, 5.41) is 9.10. The number of nitrogens with zero attached hydrogens (tertiary/aromatic N) is 1. The molecule has 3 nitrogen and oxygen atoms in total. The van der Waals surface area contributed by atoms with Crippen LogP contribution in [0.4, 0.5) is 8.78 Å². The van der Waals surface area contributed by atoms with E-state index in [9.17, 15) is 8.78 Å². The van der Waals surface area contributed by atoms with Gasteiger partial charge in [-0.05, 0) is 11.6 Å². The molecular formula is C12H17F2NO2. The van der Waals surface area contributed by atoms with Crippen LogP contribution in [0.1, 0.15) is 32.0 Å². The van der Waals surface area contributed by atoms with Crippen molar-refractivity contribution >= 4 is 0 Å². The van der Waals surface area contributed by atoms with Crippen LogP contribution in [-0.2, 0) is 12.0 Å². The summed E-state index contributed by atoms with van der Waals surface area (Å²) in [5.41, 5.74) is 1.08. The molecule has 17 heavy (non-hydrogen) atoms. The highest BCUT2D eigenvalue weighted by Gasteiger charge is 2.18. The second-order valence-corrected chi connectivity index (χ2v) is 4.81. The zero-order valence-electron chi connectivity index (χ0n) is 10.2. The highest BCUT2D eigenvalue weighted by Crippen LogP contribution is 2.24. The average Bonchev–Trinajstić information content (AvgIpc) is 2.24. The van der Waals surface area contributed by atoms with E-state index in [1.165, 1.54) is 6.07 Å². The number of ether oxygens (including phenoxy) is 1. The number of halogens is 2. The Kier molecular flexibility index (Phi) is 4.40. The van der Waals surface area contributed by atoms with Crippen LogP contribution >= 0.6 is 0 Å². The van der Waals surface area contributed by atoms with Gasteiger partial charge in [-0.25, -0.2) is 13.8 Å². The van der Waals surface area contributed by atoms with E-state index in [1.54, 1.807) is 6.07 Å². The molecule has 1 heterocycles. The second-order valence-electron chi connectivity index (χ2n) is 4.81. The molecule has 1 rings (SSSR count). The fraction of sp³-hybridized carbons (Fsp3) is 0.583. The van der Waals surface area contributed by atoms with Crippen LogP contribution in [0, 0.1) is 0 Å². The molecule has 0 radical (unpaired) electrons. The first kappa shape index (κ1) is 13.8. The van der Waals surface area contributed by atoms with Crippen molar-refractivity contribution in [2.45, 2.75) is 39.2 Å². The number of aliphatic hydroxyl groups is 1. The standard InChI is InChI=1S/C12H17F2NO2/c1-12(2,3)9-4-8(6-16)5-11(15-9)17-7-10(13)14/h4-5,10,16H,6-7H2,1-3H3. The fourth-order valence-corrected chi connectivity index (χ4v) is 1.26. The number of hydrogen-bond donors (Lipinski definition) is 1. The van der Waals surface area contributed by atoms with Gasteiger partial charge in [-0.2, -0.15) is 0 Å². The molecule has 0 saturated heterocycles. The zero-order chi connectivity index (χ0) is 13.1. The summed E-state index contributed by atoms with van der Waals surface area (Å²) in [4.78, 5) is 4.16. The largest absolute Gasteiger partial charge is 0.472 e. The van der Waals surface area contributed by atoms with Crippen molar-refractivity contribution in [1.29, 1.82) is 0 Å². The smallest absolute Gasteiger partial charge is 0.272 e. The Hall–Kier alpha value is -1.23. The molecule has 0 amide bonds. The first-order valence-corrected chi connectivity index (χ1v) is 5.36. The highest BCUT2D eigenvalue weighted by atomic mass is 19.3. The van der Waals surface area contributed by atoms with E-state index in [0.717, 1.165) is 0 Å². The Labute approximate surface area is 99.4 Å². The van der Waals surface area contributed by atoms with Gasteiger partial charge in [0, 0.05) is 11.5 Å². The summed E-state index contributed by atoms with van der Waals surface area (Å²) >= 11 is 0. The van der Waals surface area contributed by atoms with Crippen LogP contribution in [0.5, 0.6) is 5.88 Å². The molecule has 0 unspecified atom stereocenters. The lowest BCUT2D eigenvalue weighted by Gasteiger charge is -2.19. The van der Waals surface area contributed by atoms with Gasteiger partial charge in [0.1, 0.15) is 0 Å². The van der Waals surface area contributed by atoms with Gasteiger partial charge in [0.2, 0.25) is 5.88 Å². The minimum atomic E-state index is -2.53. The third-order valence-corrected chi connectivity index (χ3v) is 2.17. The lowest BCUT2D eigenvalue weighted by atomic mass is 9.91. The lowest BCUT2D eigenvalue weighted by Crippen LogP contribution is -2.16. The van der Waals surface area contributed by atoms with Crippen molar-refractivity contribution < 1.29 is 18.6 Å². The SMILES string of the molecule is CC(C)(C)c1cc(CO)cc(OCC(F)F)n1. The Bertz CT molecular complexity index is 375. The number of hydrogen-bond acceptors (Lipinski definition) is 3. The van der Waals surface area contributed by atoms with Crippen molar-refractivity contribution in [2.75, 3.05) is 6.61 Å². The van der Waals surface area contributed by atoms with Crippen LogP contribution in [-0.4, -0.2) is 23.1 Å². The summed E-state index contributed by atoms with van der Waals surface area (Å²) in [5.74, 6) is 0.127. The number of rotatable bonds is 4. The monoisotopic (exact) mass is 245 g/mol. The van der Waals surface area contributed by atoms with Crippen LogP contribution < -0.4 is 4.74 Å². The molecule has 96 valence electrons. The van der Waals surface area contributed by atoms with Crippen molar-refractivity contribution in [3.63, 3.8) is 0 Å². The predicted octanol–water partition coefficient (Wildman–Crippen LogP) is 2.52. The van der Waals surface area contributed by atoms with Crippen LogP contribution in [0.2, 0.25) is 0 Å². The molecule has 5 heteroatoms. The molecule has 1 N–H and O–H groups in total. The zero-order valence-corrected chi connectivity index (χ0v) is 10.2. The molecule has 0 aromatic carbocycles. The number of pyridine rings is 1. The van der Waals surface area contributed by atoms with E-state index in [-0.39, 0.29) is 17.9 Å². The summed E-state index contributed by atoms with van der Waals surface area (Å²) < 4.78 is 28.9. The van der Waals surface area contributed by atoms with Gasteiger partial charge in [0.15, 0.2) is 6.61 Å². The molecule has 0 aliphatic rings. The summed E-state index contributed by atoms with van der Waals surface area (Å²) in [6.45, 7) is 5.00. The van der Waals surface area contributed by atoms with E-state index < -0.39 is 13.0 Å². The minimum absolute atomic E-state index is 0.127. The molecule has 0 spiro atoms. The van der Waals surface area contributed by atoms with Gasteiger partial charge in [0.25, 0.3) is 6.43 Å². The van der Waals surface area contributed by atoms with Crippen LogP contribution in [0.15, 0.2) is 12.1 Å². The van der Waals surface area contributed by atoms with Gasteiger partial charge in [-0.3, -0.25) is 0 Å². The topological polar surface area (TPSA) is 42.4 Å². The third-order valence-electron chi connectivity index (χ3n) is 2.17. The summed E-state index contributed by atoms with van der Waals surface area (Å²) in [6.07, 6.45) is -2.53.